The molecule has 1 aliphatic heterocycles. The number of nitrogens with two attached hydrogens (primary N) is 1. The fourth-order valence-corrected chi connectivity index (χ4v) is 4.00. The van der Waals surface area contributed by atoms with Gasteiger partial charge in [0.1, 0.15) is 5.82 Å². The zero-order chi connectivity index (χ0) is 15.8. The number of nitrogens with one attached hydrogen (secondary N) is 1. The Kier molecular flexibility index (Phi) is 4.55. The number of rotatable bonds is 3. The first-order valence-electron chi connectivity index (χ1n) is 6.99. The van der Waals surface area contributed by atoms with Gasteiger partial charge in [-0.25, -0.2) is 17.5 Å². The molecule has 1 fully saturated rings. The van der Waals surface area contributed by atoms with Crippen LogP contribution in [0.15, 0.2) is 17.0 Å². The average molecular weight is 315 g/mol. The lowest BCUT2D eigenvalue weighted by Crippen LogP contribution is -2.47. The van der Waals surface area contributed by atoms with Crippen molar-refractivity contribution in [2.45, 2.75) is 43.7 Å². The maximum atomic E-state index is 13.5. The van der Waals surface area contributed by atoms with Gasteiger partial charge in [-0.1, -0.05) is 0 Å². The number of likely N-dealkylation sites (tertiary alicyclic amines) is 1. The fourth-order valence-electron chi connectivity index (χ4n) is 2.60. The molecular weight excluding hydrogens is 293 g/mol. The van der Waals surface area contributed by atoms with Gasteiger partial charge in [-0.15, -0.1) is 0 Å². The van der Waals surface area contributed by atoms with E-state index in [1.54, 1.807) is 0 Å². The Morgan fingerprint density at radius 2 is 2.10 bits per heavy atom. The summed E-state index contributed by atoms with van der Waals surface area (Å²) in [6.45, 7) is 4.42. The molecule has 0 aromatic heterocycles. The summed E-state index contributed by atoms with van der Waals surface area (Å²) in [6, 6.07) is 2.70. The van der Waals surface area contributed by atoms with Gasteiger partial charge >= 0.3 is 0 Å². The van der Waals surface area contributed by atoms with Crippen molar-refractivity contribution < 1.29 is 12.8 Å². The Hall–Kier alpha value is -1.18. The second kappa shape index (κ2) is 5.90. The van der Waals surface area contributed by atoms with Crippen LogP contribution in [-0.2, 0) is 10.0 Å². The molecule has 21 heavy (non-hydrogen) atoms. The molecule has 7 heteroatoms. The minimum Gasteiger partial charge on any atom is -0.396 e. The van der Waals surface area contributed by atoms with Crippen LogP contribution in [0, 0.1) is 12.7 Å². The molecule has 0 amide bonds. The molecule has 1 saturated heterocycles. The van der Waals surface area contributed by atoms with Gasteiger partial charge in [0.05, 0.1) is 10.6 Å². The standard InChI is InChI=1S/C14H22FN3O2S/c1-9-6-12(8-13(16)14(9)15)21(19,20)17-11-4-5-18(3)10(2)7-11/h6,8,10-11,17H,4-5,7,16H2,1-3H3. The van der Waals surface area contributed by atoms with Crippen LogP contribution >= 0.6 is 0 Å². The number of aryl methyl sites for hydroxylation is 1. The lowest BCUT2D eigenvalue weighted by molar-refractivity contribution is 0.178. The van der Waals surface area contributed by atoms with Crippen LogP contribution in [0.5, 0.6) is 0 Å². The Morgan fingerprint density at radius 1 is 1.43 bits per heavy atom. The largest absolute Gasteiger partial charge is 0.396 e. The third kappa shape index (κ3) is 3.53. The van der Waals surface area contributed by atoms with Crippen LogP contribution in [0.2, 0.25) is 0 Å². The Labute approximate surface area is 125 Å². The molecular formula is C14H22FN3O2S. The molecule has 0 radical (unpaired) electrons. The van der Waals surface area contributed by atoms with Crippen LogP contribution in [-0.4, -0.2) is 39.0 Å². The second-order valence-corrected chi connectivity index (χ2v) is 7.53. The van der Waals surface area contributed by atoms with Crippen molar-refractivity contribution in [1.82, 2.24) is 9.62 Å². The van der Waals surface area contributed by atoms with Crippen LogP contribution in [0.4, 0.5) is 10.1 Å². The van der Waals surface area contributed by atoms with E-state index in [9.17, 15) is 12.8 Å². The molecule has 0 bridgehead atoms. The predicted octanol–water partition coefficient (Wildman–Crippen LogP) is 1.48. The molecule has 0 aliphatic carbocycles. The summed E-state index contributed by atoms with van der Waals surface area (Å²) in [4.78, 5) is 2.22. The molecule has 2 atom stereocenters. The Balaban J connectivity index is 2.19. The minimum atomic E-state index is -3.68. The lowest BCUT2D eigenvalue weighted by atomic mass is 10.0. The summed E-state index contributed by atoms with van der Waals surface area (Å²) in [5.74, 6) is -0.568. The Morgan fingerprint density at radius 3 is 2.67 bits per heavy atom. The van der Waals surface area contributed by atoms with Gasteiger partial charge in [-0.3, -0.25) is 0 Å². The highest BCUT2D eigenvalue weighted by Gasteiger charge is 2.27. The van der Waals surface area contributed by atoms with Crippen molar-refractivity contribution in [3.8, 4) is 0 Å². The number of sulfonamides is 1. The summed E-state index contributed by atoms with van der Waals surface area (Å²) in [5.41, 5.74) is 5.60. The van der Waals surface area contributed by atoms with Crippen LogP contribution in [0.1, 0.15) is 25.3 Å². The number of hydrogen-bond donors (Lipinski definition) is 2. The van der Waals surface area contributed by atoms with Gasteiger partial charge in [-0.2, -0.15) is 0 Å². The molecule has 5 nitrogen and oxygen atoms in total. The van der Waals surface area contributed by atoms with Gasteiger partial charge in [0.25, 0.3) is 0 Å². The molecule has 2 rings (SSSR count). The monoisotopic (exact) mass is 315 g/mol. The topological polar surface area (TPSA) is 75.4 Å². The SMILES string of the molecule is Cc1cc(S(=O)(=O)NC2CCN(C)C(C)C2)cc(N)c1F. The zero-order valence-electron chi connectivity index (χ0n) is 12.6. The van der Waals surface area contributed by atoms with Gasteiger partial charge < -0.3 is 10.6 Å². The van der Waals surface area contributed by atoms with Gasteiger partial charge in [0, 0.05) is 12.1 Å². The summed E-state index contributed by atoms with van der Waals surface area (Å²) in [6.07, 6.45) is 1.51. The highest BCUT2D eigenvalue weighted by Crippen LogP contribution is 2.22. The number of anilines is 1. The smallest absolute Gasteiger partial charge is 0.240 e. The summed E-state index contributed by atoms with van der Waals surface area (Å²) >= 11 is 0. The third-order valence-corrected chi connectivity index (χ3v) is 5.60. The maximum Gasteiger partial charge on any atom is 0.240 e. The van der Waals surface area contributed by atoms with Crippen LogP contribution < -0.4 is 10.5 Å². The van der Waals surface area contributed by atoms with E-state index in [2.05, 4.69) is 16.5 Å². The van der Waals surface area contributed by atoms with E-state index in [0.29, 0.717) is 6.04 Å². The van der Waals surface area contributed by atoms with Gasteiger partial charge in [-0.05, 0) is 58.0 Å². The number of nitrogen functional groups attached to an aromatic ring is 1. The molecule has 1 heterocycles. The van der Waals surface area contributed by atoms with Gasteiger partial charge in [0.15, 0.2) is 0 Å². The molecule has 0 saturated carbocycles. The van der Waals surface area contributed by atoms with Gasteiger partial charge in [0.2, 0.25) is 10.0 Å². The molecule has 1 aliphatic rings. The molecule has 1 aromatic rings. The van der Waals surface area contributed by atoms with E-state index in [-0.39, 0.29) is 22.2 Å². The van der Waals surface area contributed by atoms with Crippen LogP contribution in [0.25, 0.3) is 0 Å². The lowest BCUT2D eigenvalue weighted by Gasteiger charge is -2.35. The molecule has 118 valence electrons. The minimum absolute atomic E-state index is 0.0190. The molecule has 3 N–H and O–H groups in total. The van der Waals surface area contributed by atoms with E-state index in [4.69, 9.17) is 5.73 Å². The van der Waals surface area contributed by atoms with Crippen molar-refractivity contribution in [3.05, 3.63) is 23.5 Å². The van der Waals surface area contributed by atoms with E-state index >= 15 is 0 Å². The van der Waals surface area contributed by atoms with Crippen molar-refractivity contribution in [2.24, 2.45) is 0 Å². The van der Waals surface area contributed by atoms with Crippen molar-refractivity contribution in [3.63, 3.8) is 0 Å². The number of halogens is 1. The van der Waals surface area contributed by atoms with E-state index in [1.165, 1.54) is 19.1 Å². The molecule has 2 unspecified atom stereocenters. The normalized spacial score (nSPS) is 24.2. The quantitative estimate of drug-likeness (QED) is 0.829. The van der Waals surface area contributed by atoms with Crippen molar-refractivity contribution in [2.75, 3.05) is 19.3 Å². The van der Waals surface area contributed by atoms with E-state index in [1.807, 2.05) is 7.05 Å². The first kappa shape index (κ1) is 16.2. The zero-order valence-corrected chi connectivity index (χ0v) is 13.4. The molecule has 1 aromatic carbocycles. The first-order valence-corrected chi connectivity index (χ1v) is 8.47. The summed E-state index contributed by atoms with van der Waals surface area (Å²) < 4.78 is 41.0. The third-order valence-electron chi connectivity index (χ3n) is 4.10. The summed E-state index contributed by atoms with van der Waals surface area (Å²) in [7, 11) is -1.65. The number of benzene rings is 1. The maximum absolute atomic E-state index is 13.5. The summed E-state index contributed by atoms with van der Waals surface area (Å²) in [5, 5.41) is 0. The average Bonchev–Trinajstić information content (AvgIpc) is 2.39. The number of hydrogen-bond acceptors (Lipinski definition) is 4. The number of nitrogens with zero attached hydrogens (tertiary/aromatic N) is 1. The highest BCUT2D eigenvalue weighted by molar-refractivity contribution is 7.89. The van der Waals surface area contributed by atoms with E-state index < -0.39 is 15.8 Å². The van der Waals surface area contributed by atoms with Crippen molar-refractivity contribution >= 4 is 15.7 Å². The molecule has 0 spiro atoms. The predicted molar refractivity (Wildman–Crippen MR) is 81.0 cm³/mol. The number of piperidine rings is 1. The fraction of sp³-hybridized carbons (Fsp3) is 0.571. The second-order valence-electron chi connectivity index (χ2n) is 5.82. The highest BCUT2D eigenvalue weighted by atomic mass is 32.2. The first-order chi connectivity index (χ1) is 9.70. The van der Waals surface area contributed by atoms with E-state index in [0.717, 1.165) is 19.4 Å². The Bertz CT molecular complexity index is 610. The van der Waals surface area contributed by atoms with Crippen molar-refractivity contribution in [1.29, 1.82) is 0 Å². The van der Waals surface area contributed by atoms with Crippen LogP contribution in [0.3, 0.4) is 0 Å².